The van der Waals surface area contributed by atoms with Crippen molar-refractivity contribution in [1.29, 1.82) is 0 Å². The van der Waals surface area contributed by atoms with Crippen molar-refractivity contribution >= 4 is 39.2 Å². The van der Waals surface area contributed by atoms with Gasteiger partial charge in [-0.15, -0.1) is 11.8 Å². The van der Waals surface area contributed by atoms with Gasteiger partial charge in [-0.05, 0) is 102 Å². The van der Waals surface area contributed by atoms with Gasteiger partial charge in [0, 0.05) is 43.1 Å². The molecule has 1 amide bonds. The van der Waals surface area contributed by atoms with Crippen LogP contribution in [-0.2, 0) is 16.0 Å². The maximum atomic E-state index is 15.5. The summed E-state index contributed by atoms with van der Waals surface area (Å²) in [5, 5.41) is 18.1. The smallest absolute Gasteiger partial charge is 0.274 e. The van der Waals surface area contributed by atoms with Crippen molar-refractivity contribution in [3.05, 3.63) is 100 Å². The van der Waals surface area contributed by atoms with Gasteiger partial charge >= 0.3 is 0 Å². The number of thiazole rings is 1. The summed E-state index contributed by atoms with van der Waals surface area (Å²) in [4.78, 5) is 22.6. The van der Waals surface area contributed by atoms with Crippen molar-refractivity contribution in [3.8, 4) is 10.9 Å². The second kappa shape index (κ2) is 19.8. The number of aliphatic hydroxyl groups is 1. The third-order valence-corrected chi connectivity index (χ3v) is 14.1. The number of aliphatic hydroxyl groups excluding tert-OH is 1. The van der Waals surface area contributed by atoms with E-state index in [4.69, 9.17) is 19.2 Å². The highest BCUT2D eigenvalue weighted by Gasteiger charge is 2.42. The molecule has 4 atom stereocenters. The van der Waals surface area contributed by atoms with E-state index >= 15 is 4.39 Å². The molecule has 3 aromatic rings. The lowest BCUT2D eigenvalue weighted by molar-refractivity contribution is -0.156. The Labute approximate surface area is 370 Å². The summed E-state index contributed by atoms with van der Waals surface area (Å²) in [6, 6.07) is 14.2. The Morgan fingerprint density at radius 3 is 2.59 bits per heavy atom. The first-order chi connectivity index (χ1) is 29.1. The fourth-order valence-corrected chi connectivity index (χ4v) is 10.7. The number of hydrogen-bond acceptors (Lipinski definition) is 10. The van der Waals surface area contributed by atoms with E-state index in [-0.39, 0.29) is 28.9 Å². The van der Waals surface area contributed by atoms with Crippen molar-refractivity contribution < 1.29 is 28.5 Å². The lowest BCUT2D eigenvalue weighted by Crippen LogP contribution is -2.58. The van der Waals surface area contributed by atoms with Gasteiger partial charge in [0.2, 0.25) is 0 Å². The number of allylic oxidation sites excluding steroid dienone is 3. The lowest BCUT2D eigenvalue weighted by atomic mass is 9.87. The predicted molar refractivity (Wildman–Crippen MR) is 247 cm³/mol. The Hall–Kier alpha value is -3.68. The maximum absolute atomic E-state index is 15.5. The van der Waals surface area contributed by atoms with Crippen LogP contribution in [0, 0.1) is 11.8 Å². The molecule has 1 spiro atoms. The number of carbonyl (C=O) groups excluding carboxylic acids is 1. The number of halogens is 1. The van der Waals surface area contributed by atoms with Crippen LogP contribution < -0.4 is 14.8 Å². The Morgan fingerprint density at radius 2 is 1.89 bits per heavy atom. The number of nitrogens with one attached hydrogen (secondary N) is 1. The van der Waals surface area contributed by atoms with E-state index in [1.165, 1.54) is 16.9 Å². The SMILES string of the molecule is CC(C)Oc1nc2c(OC(C)(C)C)ccc(C(O)C/C(=C\CCC3C=C(CN4CCC5(CC4)CN(C(=O)C4=CSC(C(C)C)N4)CCO5)C=CC3F)Cc3ccccc3)c2s1. The van der Waals surface area contributed by atoms with E-state index in [9.17, 15) is 9.90 Å². The highest BCUT2D eigenvalue weighted by atomic mass is 32.2. The number of alkyl halides is 1. The Morgan fingerprint density at radius 1 is 1.11 bits per heavy atom. The molecule has 330 valence electrons. The molecule has 1 aliphatic carbocycles. The molecule has 2 N–H and O–H groups in total. The van der Waals surface area contributed by atoms with Crippen molar-refractivity contribution in [1.82, 2.24) is 20.1 Å². The number of benzene rings is 2. The van der Waals surface area contributed by atoms with Crippen LogP contribution in [0.5, 0.6) is 10.9 Å². The van der Waals surface area contributed by atoms with Crippen LogP contribution in [0.25, 0.3) is 10.2 Å². The van der Waals surface area contributed by atoms with Gasteiger partial charge in [0.1, 0.15) is 28.7 Å². The number of fused-ring (bicyclic) bond motifs is 1. The second-order valence-electron chi connectivity index (χ2n) is 18.7. The molecule has 0 bridgehead atoms. The number of hydrogen-bond donors (Lipinski definition) is 2. The van der Waals surface area contributed by atoms with Crippen LogP contribution in [0.4, 0.5) is 4.39 Å². The Balaban J connectivity index is 0.982. The molecule has 0 saturated carbocycles. The molecular formula is C49H65FN4O5S2. The van der Waals surface area contributed by atoms with Gasteiger partial charge in [0.15, 0.2) is 0 Å². The van der Waals surface area contributed by atoms with E-state index in [0.717, 1.165) is 53.9 Å². The summed E-state index contributed by atoms with van der Waals surface area (Å²) in [6.45, 7) is 18.6. The molecule has 4 unspecified atom stereocenters. The molecule has 1 aromatic heterocycles. The van der Waals surface area contributed by atoms with Gasteiger partial charge in [0.25, 0.3) is 11.1 Å². The summed E-state index contributed by atoms with van der Waals surface area (Å²) >= 11 is 3.13. The molecule has 4 aliphatic rings. The van der Waals surface area contributed by atoms with Gasteiger partial charge in [-0.3, -0.25) is 9.69 Å². The van der Waals surface area contributed by atoms with E-state index < -0.39 is 17.9 Å². The number of morpholine rings is 1. The summed E-state index contributed by atoms with van der Waals surface area (Å²) in [5.41, 5.74) is 4.87. The van der Waals surface area contributed by atoms with E-state index in [1.807, 2.05) is 81.3 Å². The molecule has 2 saturated heterocycles. The molecule has 3 aliphatic heterocycles. The van der Waals surface area contributed by atoms with Gasteiger partial charge in [0.05, 0.1) is 41.0 Å². The number of piperidine rings is 1. The standard InChI is InChI=1S/C49H65FN4O5S2/c1-32(2)45-51-40(30-60-45)46(56)54-24-25-57-49(31-54)20-22-53(23-21-49)29-36-16-18-39(50)37(27-36)15-11-14-35(26-34-12-9-8-10-13-34)28-41(55)38-17-19-42(59-48(5,6)7)43-44(38)61-47(52-43)58-33(3)4/h8-10,12-14,16-19,27,30,32-33,37,39,41,45,51,55H,11,15,20-26,28-29,31H2,1-7H3/b35-14-. The number of carbonyl (C=O) groups is 1. The van der Waals surface area contributed by atoms with Crippen LogP contribution in [0.3, 0.4) is 0 Å². The molecule has 7 rings (SSSR count). The monoisotopic (exact) mass is 872 g/mol. The number of likely N-dealkylation sites (tertiary alicyclic amines) is 1. The minimum atomic E-state index is -1.04. The molecule has 4 heterocycles. The average molecular weight is 873 g/mol. The van der Waals surface area contributed by atoms with Crippen LogP contribution >= 0.6 is 23.1 Å². The van der Waals surface area contributed by atoms with E-state index in [2.05, 4.69) is 48.3 Å². The Kier molecular flexibility index (Phi) is 14.7. The Bertz CT molecular complexity index is 2100. The highest BCUT2D eigenvalue weighted by Crippen LogP contribution is 2.42. The van der Waals surface area contributed by atoms with Gasteiger partial charge in [-0.1, -0.05) is 85.4 Å². The van der Waals surface area contributed by atoms with Crippen molar-refractivity contribution in [2.75, 3.05) is 39.3 Å². The number of thioether (sulfide) groups is 1. The first kappa shape index (κ1) is 45.3. The van der Waals surface area contributed by atoms with Crippen LogP contribution in [0.2, 0.25) is 0 Å². The fraction of sp³-hybridized carbons (Fsp3) is 0.551. The van der Waals surface area contributed by atoms with Gasteiger partial charge in [-0.2, -0.15) is 4.98 Å². The minimum absolute atomic E-state index is 0.0365. The summed E-state index contributed by atoms with van der Waals surface area (Å²) < 4.78 is 35.0. The highest BCUT2D eigenvalue weighted by molar-refractivity contribution is 8.03. The number of amides is 1. The van der Waals surface area contributed by atoms with Crippen molar-refractivity contribution in [2.45, 2.75) is 122 Å². The van der Waals surface area contributed by atoms with Crippen LogP contribution in [0.1, 0.15) is 97.8 Å². The van der Waals surface area contributed by atoms with Gasteiger partial charge < -0.3 is 29.5 Å². The third kappa shape index (κ3) is 11.9. The number of ether oxygens (including phenoxy) is 3. The third-order valence-electron chi connectivity index (χ3n) is 11.8. The number of aromatic nitrogens is 1. The summed E-state index contributed by atoms with van der Waals surface area (Å²) in [7, 11) is 0. The first-order valence-corrected chi connectivity index (χ1v) is 23.9. The molecule has 12 heteroatoms. The zero-order valence-corrected chi connectivity index (χ0v) is 38.6. The molecule has 0 radical (unpaired) electrons. The summed E-state index contributed by atoms with van der Waals surface area (Å²) in [6.07, 6.45) is 10.4. The largest absolute Gasteiger partial charge is 0.486 e. The number of nitrogens with zero attached hydrogens (tertiary/aromatic N) is 3. The molecule has 2 fully saturated rings. The second-order valence-corrected chi connectivity index (χ2v) is 20.7. The van der Waals surface area contributed by atoms with Gasteiger partial charge in [-0.25, -0.2) is 4.39 Å². The topological polar surface area (TPSA) is 96.4 Å². The number of rotatable bonds is 15. The minimum Gasteiger partial charge on any atom is -0.486 e. The van der Waals surface area contributed by atoms with E-state index in [0.29, 0.717) is 73.5 Å². The normalized spacial score (nSPS) is 22.8. The van der Waals surface area contributed by atoms with Crippen molar-refractivity contribution in [3.63, 3.8) is 0 Å². The molecular weight excluding hydrogens is 808 g/mol. The lowest BCUT2D eigenvalue weighted by Gasteiger charge is -2.47. The quantitative estimate of drug-likeness (QED) is 0.145. The molecule has 9 nitrogen and oxygen atoms in total. The molecule has 61 heavy (non-hydrogen) atoms. The van der Waals surface area contributed by atoms with E-state index in [1.54, 1.807) is 17.8 Å². The predicted octanol–water partition coefficient (Wildman–Crippen LogP) is 9.94. The first-order valence-electron chi connectivity index (χ1n) is 22.1. The fourth-order valence-electron chi connectivity index (χ4n) is 8.63. The molecule has 2 aromatic carbocycles. The van der Waals surface area contributed by atoms with Crippen LogP contribution in [-0.4, -0.2) is 94.0 Å². The maximum Gasteiger partial charge on any atom is 0.274 e. The zero-order valence-electron chi connectivity index (χ0n) is 37.0. The van der Waals surface area contributed by atoms with Crippen LogP contribution in [0.15, 0.2) is 89.0 Å². The average Bonchev–Trinajstić information content (AvgIpc) is 3.88. The summed E-state index contributed by atoms with van der Waals surface area (Å²) in [5.74, 6) is 0.950. The van der Waals surface area contributed by atoms with Crippen molar-refractivity contribution in [2.24, 2.45) is 11.8 Å². The zero-order chi connectivity index (χ0) is 43.3.